The van der Waals surface area contributed by atoms with E-state index in [1.807, 2.05) is 43.3 Å². The van der Waals surface area contributed by atoms with Crippen LogP contribution in [0, 0.1) is 6.92 Å². The zero-order valence-electron chi connectivity index (χ0n) is 16.7. The Labute approximate surface area is 173 Å². The minimum Gasteiger partial charge on any atom is -0.447 e. The van der Waals surface area contributed by atoms with Gasteiger partial charge in [-0.25, -0.2) is 9.78 Å². The van der Waals surface area contributed by atoms with Crippen molar-refractivity contribution >= 4 is 22.6 Å². The highest BCUT2D eigenvalue weighted by Gasteiger charge is 2.13. The van der Waals surface area contributed by atoms with Crippen molar-refractivity contribution in [2.75, 3.05) is 18.5 Å². The quantitative estimate of drug-likeness (QED) is 0.496. The van der Waals surface area contributed by atoms with E-state index in [1.165, 1.54) is 18.5 Å². The van der Waals surface area contributed by atoms with Gasteiger partial charge in [0.25, 0.3) is 0 Å². The van der Waals surface area contributed by atoms with E-state index in [2.05, 4.69) is 10.3 Å². The third kappa shape index (κ3) is 4.10. The van der Waals surface area contributed by atoms with Crippen LogP contribution in [0.4, 0.5) is 5.69 Å². The lowest BCUT2D eigenvalue weighted by Gasteiger charge is -2.19. The molecule has 7 nitrogen and oxygen atoms in total. The van der Waals surface area contributed by atoms with Crippen LogP contribution in [-0.4, -0.2) is 24.5 Å². The van der Waals surface area contributed by atoms with E-state index in [1.54, 1.807) is 18.0 Å². The number of rotatable bonds is 6. The van der Waals surface area contributed by atoms with Gasteiger partial charge in [0.15, 0.2) is 0 Å². The summed E-state index contributed by atoms with van der Waals surface area (Å²) in [6.07, 6.45) is 2.99. The van der Waals surface area contributed by atoms with E-state index in [-0.39, 0.29) is 19.0 Å². The Morgan fingerprint density at radius 3 is 2.73 bits per heavy atom. The largest absolute Gasteiger partial charge is 0.447 e. The number of hydrogen-bond acceptors (Lipinski definition) is 6. The molecule has 2 heterocycles. The number of nitrogens with zero attached hydrogens (tertiary/aromatic N) is 2. The molecule has 1 amide bonds. The zero-order valence-corrected chi connectivity index (χ0v) is 16.7. The van der Waals surface area contributed by atoms with Crippen molar-refractivity contribution in [3.05, 3.63) is 82.9 Å². The lowest BCUT2D eigenvalue weighted by Crippen LogP contribution is -2.34. The van der Waals surface area contributed by atoms with E-state index in [0.717, 1.165) is 27.8 Å². The van der Waals surface area contributed by atoms with Crippen LogP contribution >= 0.6 is 0 Å². The summed E-state index contributed by atoms with van der Waals surface area (Å²) in [6.45, 7) is 2.37. The number of aryl methyl sites for hydroxylation is 1. The molecule has 2 aromatic heterocycles. The van der Waals surface area contributed by atoms with Gasteiger partial charge in [-0.1, -0.05) is 24.3 Å². The summed E-state index contributed by atoms with van der Waals surface area (Å²) >= 11 is 0. The van der Waals surface area contributed by atoms with Crippen LogP contribution in [-0.2, 0) is 11.3 Å². The van der Waals surface area contributed by atoms with Gasteiger partial charge >= 0.3 is 5.63 Å². The number of carbonyl (C=O) groups excluding carboxylic acids is 1. The number of oxazole rings is 1. The molecule has 0 atom stereocenters. The minimum absolute atomic E-state index is 0.133. The van der Waals surface area contributed by atoms with Crippen molar-refractivity contribution < 1.29 is 13.6 Å². The molecule has 7 heteroatoms. The van der Waals surface area contributed by atoms with Crippen molar-refractivity contribution in [2.45, 2.75) is 13.5 Å². The first-order valence-electron chi connectivity index (χ1n) is 9.51. The zero-order chi connectivity index (χ0) is 21.1. The third-order valence-corrected chi connectivity index (χ3v) is 4.91. The Morgan fingerprint density at radius 1 is 1.13 bits per heavy atom. The smallest absolute Gasteiger partial charge is 0.336 e. The molecule has 0 spiro atoms. The summed E-state index contributed by atoms with van der Waals surface area (Å²) in [5.41, 5.74) is 3.72. The maximum Gasteiger partial charge on any atom is 0.336 e. The van der Waals surface area contributed by atoms with E-state index in [4.69, 9.17) is 8.83 Å². The standard InChI is InChI=1S/C23H21N3O4/c1-15-5-3-4-6-17(15)19-12-23(28)30-20-11-16(7-8-18(19)20)26(2)14-21(27)25-13-22-24-9-10-29-22/h3-12H,13-14H2,1-2H3,(H,25,27). The second kappa shape index (κ2) is 8.24. The van der Waals surface area contributed by atoms with Gasteiger partial charge in [0.2, 0.25) is 11.8 Å². The Morgan fingerprint density at radius 2 is 1.97 bits per heavy atom. The fourth-order valence-electron chi connectivity index (χ4n) is 3.36. The van der Waals surface area contributed by atoms with Crippen molar-refractivity contribution in [1.82, 2.24) is 10.3 Å². The maximum absolute atomic E-state index is 12.2. The number of benzene rings is 2. The Kier molecular flexibility index (Phi) is 5.34. The molecule has 4 aromatic rings. The van der Waals surface area contributed by atoms with Crippen LogP contribution in [0.2, 0.25) is 0 Å². The molecule has 4 rings (SSSR count). The summed E-state index contributed by atoms with van der Waals surface area (Å²) in [5.74, 6) is 0.271. The molecule has 152 valence electrons. The van der Waals surface area contributed by atoms with Crippen molar-refractivity contribution in [3.8, 4) is 11.1 Å². The number of carbonyl (C=O) groups is 1. The molecule has 0 aliphatic carbocycles. The average Bonchev–Trinajstić information content (AvgIpc) is 3.25. The normalized spacial score (nSPS) is 10.9. The number of aromatic nitrogens is 1. The minimum atomic E-state index is -0.413. The molecule has 2 aromatic carbocycles. The van der Waals surface area contributed by atoms with Gasteiger partial charge in [0.1, 0.15) is 11.8 Å². The molecule has 0 bridgehead atoms. The highest BCUT2D eigenvalue weighted by Crippen LogP contribution is 2.31. The van der Waals surface area contributed by atoms with Gasteiger partial charge in [-0.15, -0.1) is 0 Å². The number of hydrogen-bond donors (Lipinski definition) is 1. The molecular formula is C23H21N3O4. The second-order valence-electron chi connectivity index (χ2n) is 7.03. The van der Waals surface area contributed by atoms with E-state index >= 15 is 0 Å². The first kappa shape index (κ1) is 19.4. The molecule has 0 fully saturated rings. The Bertz CT molecular complexity index is 1250. The maximum atomic E-state index is 12.2. The SMILES string of the molecule is Cc1ccccc1-c1cc(=O)oc2cc(N(C)CC(=O)NCc3ncco3)ccc12. The van der Waals surface area contributed by atoms with Gasteiger partial charge in [-0.05, 0) is 30.2 Å². The Hall–Kier alpha value is -3.87. The lowest BCUT2D eigenvalue weighted by molar-refractivity contribution is -0.120. The number of anilines is 1. The molecular weight excluding hydrogens is 382 g/mol. The number of nitrogens with one attached hydrogen (secondary N) is 1. The monoisotopic (exact) mass is 403 g/mol. The first-order valence-corrected chi connectivity index (χ1v) is 9.51. The fraction of sp³-hybridized carbons (Fsp3) is 0.174. The summed E-state index contributed by atoms with van der Waals surface area (Å²) in [7, 11) is 1.80. The van der Waals surface area contributed by atoms with Gasteiger partial charge in [-0.3, -0.25) is 4.79 Å². The molecule has 0 aliphatic rings. The highest BCUT2D eigenvalue weighted by atomic mass is 16.4. The summed E-state index contributed by atoms with van der Waals surface area (Å²) in [6, 6.07) is 15.0. The second-order valence-corrected chi connectivity index (χ2v) is 7.03. The predicted molar refractivity (Wildman–Crippen MR) is 114 cm³/mol. The van der Waals surface area contributed by atoms with Gasteiger partial charge in [0, 0.05) is 35.8 Å². The number of amides is 1. The third-order valence-electron chi connectivity index (χ3n) is 4.91. The van der Waals surface area contributed by atoms with Crippen LogP contribution in [0.1, 0.15) is 11.5 Å². The topological polar surface area (TPSA) is 88.6 Å². The van der Waals surface area contributed by atoms with Crippen molar-refractivity contribution in [3.63, 3.8) is 0 Å². The van der Waals surface area contributed by atoms with Crippen LogP contribution in [0.15, 0.2) is 74.6 Å². The Balaban J connectivity index is 1.58. The predicted octanol–water partition coefficient (Wildman–Crippen LogP) is 3.51. The summed E-state index contributed by atoms with van der Waals surface area (Å²) in [5, 5.41) is 3.60. The number of likely N-dealkylation sites (N-methyl/N-ethyl adjacent to an activating group) is 1. The van der Waals surface area contributed by atoms with Gasteiger partial charge in [0.05, 0.1) is 19.3 Å². The average molecular weight is 403 g/mol. The summed E-state index contributed by atoms with van der Waals surface area (Å²) < 4.78 is 10.6. The highest BCUT2D eigenvalue weighted by molar-refractivity contribution is 5.95. The van der Waals surface area contributed by atoms with Crippen LogP contribution < -0.4 is 15.8 Å². The summed E-state index contributed by atoms with van der Waals surface area (Å²) in [4.78, 5) is 30.2. The van der Waals surface area contributed by atoms with Crippen molar-refractivity contribution in [2.24, 2.45) is 0 Å². The van der Waals surface area contributed by atoms with Crippen LogP contribution in [0.25, 0.3) is 22.1 Å². The molecule has 0 unspecified atom stereocenters. The van der Waals surface area contributed by atoms with Gasteiger partial charge < -0.3 is 19.1 Å². The van der Waals surface area contributed by atoms with Crippen molar-refractivity contribution in [1.29, 1.82) is 0 Å². The number of fused-ring (bicyclic) bond motifs is 1. The molecule has 0 saturated carbocycles. The van der Waals surface area contributed by atoms with E-state index in [9.17, 15) is 9.59 Å². The van der Waals surface area contributed by atoms with E-state index < -0.39 is 5.63 Å². The molecule has 0 radical (unpaired) electrons. The molecule has 0 aliphatic heterocycles. The van der Waals surface area contributed by atoms with Gasteiger partial charge in [-0.2, -0.15) is 0 Å². The molecule has 0 saturated heterocycles. The first-order chi connectivity index (χ1) is 14.5. The van der Waals surface area contributed by atoms with Crippen LogP contribution in [0.3, 0.4) is 0 Å². The van der Waals surface area contributed by atoms with Crippen LogP contribution in [0.5, 0.6) is 0 Å². The van der Waals surface area contributed by atoms with E-state index in [0.29, 0.717) is 11.5 Å². The fourth-order valence-corrected chi connectivity index (χ4v) is 3.36. The molecule has 1 N–H and O–H groups in total. The lowest BCUT2D eigenvalue weighted by atomic mass is 9.98. The molecule has 30 heavy (non-hydrogen) atoms.